The van der Waals surface area contributed by atoms with E-state index >= 15 is 0 Å². The fourth-order valence-electron chi connectivity index (χ4n) is 3.61. The van der Waals surface area contributed by atoms with E-state index in [-0.39, 0.29) is 5.92 Å². The number of alkyl carbamates (subject to hydrolysis) is 1. The van der Waals surface area contributed by atoms with Crippen LogP contribution < -0.4 is 16.0 Å². The predicted molar refractivity (Wildman–Crippen MR) is 136 cm³/mol. The molecule has 3 aromatic rings. The number of ether oxygens (including phenoxy) is 1. The van der Waals surface area contributed by atoms with Crippen molar-refractivity contribution in [2.75, 3.05) is 17.7 Å². The number of carbonyl (C=O) groups excluding carboxylic acids is 1. The van der Waals surface area contributed by atoms with Crippen molar-refractivity contribution in [1.82, 2.24) is 25.3 Å². The van der Waals surface area contributed by atoms with Gasteiger partial charge >= 0.3 is 6.09 Å². The molecule has 3 rings (SSSR count). The van der Waals surface area contributed by atoms with Crippen LogP contribution in [-0.4, -0.2) is 38.7 Å². The quantitative estimate of drug-likeness (QED) is 0.450. The number of anilines is 3. The van der Waals surface area contributed by atoms with Gasteiger partial charge in [-0.1, -0.05) is 13.8 Å². The normalized spacial score (nSPS) is 11.8. The van der Waals surface area contributed by atoms with Gasteiger partial charge in [0.1, 0.15) is 29.1 Å². The first-order valence-electron chi connectivity index (χ1n) is 11.4. The summed E-state index contributed by atoms with van der Waals surface area (Å²) in [5.74, 6) is 1.72. The average Bonchev–Trinajstić information content (AvgIpc) is 2.76. The minimum Gasteiger partial charge on any atom is -0.444 e. The molecule has 0 fully saturated rings. The summed E-state index contributed by atoms with van der Waals surface area (Å²) < 4.78 is 5.46. The first-order chi connectivity index (χ1) is 16.3. The lowest BCUT2D eigenvalue weighted by Crippen LogP contribution is -2.44. The molecular weight excluding hydrogens is 444 g/mol. The van der Waals surface area contributed by atoms with Crippen molar-refractivity contribution >= 4 is 34.3 Å². The summed E-state index contributed by atoms with van der Waals surface area (Å²) in [7, 11) is 1.79. The minimum atomic E-state index is -0.794. The van der Waals surface area contributed by atoms with E-state index in [1.807, 2.05) is 54.5 Å². The molecular formula is C25H32N8O2. The van der Waals surface area contributed by atoms with E-state index in [4.69, 9.17) is 4.74 Å². The summed E-state index contributed by atoms with van der Waals surface area (Å²) in [6, 6.07) is 3.96. The number of nitriles is 1. The molecule has 3 heterocycles. The Kier molecular flexibility index (Phi) is 7.10. The zero-order valence-corrected chi connectivity index (χ0v) is 21.4. The van der Waals surface area contributed by atoms with E-state index in [1.165, 1.54) is 6.20 Å². The number of pyridine rings is 2. The summed E-state index contributed by atoms with van der Waals surface area (Å²) in [6.07, 6.45) is 4.43. The average molecular weight is 477 g/mol. The van der Waals surface area contributed by atoms with Crippen LogP contribution in [0.15, 0.2) is 24.7 Å². The maximum Gasteiger partial charge on any atom is 0.408 e. The number of amides is 1. The maximum absolute atomic E-state index is 12.5. The van der Waals surface area contributed by atoms with Crippen LogP contribution in [0.1, 0.15) is 71.3 Å². The van der Waals surface area contributed by atoms with Crippen molar-refractivity contribution in [2.45, 2.75) is 65.5 Å². The van der Waals surface area contributed by atoms with Crippen molar-refractivity contribution in [2.24, 2.45) is 0 Å². The Balaban J connectivity index is 2.04. The van der Waals surface area contributed by atoms with Gasteiger partial charge in [0.2, 0.25) is 0 Å². The largest absolute Gasteiger partial charge is 0.444 e. The monoisotopic (exact) mass is 476 g/mol. The van der Waals surface area contributed by atoms with E-state index in [2.05, 4.69) is 42.0 Å². The molecule has 0 aliphatic heterocycles. The Morgan fingerprint density at radius 2 is 1.74 bits per heavy atom. The summed E-state index contributed by atoms with van der Waals surface area (Å²) in [5.41, 5.74) is 0.297. The number of hydrogen-bond donors (Lipinski definition) is 3. The number of rotatable bonds is 6. The van der Waals surface area contributed by atoms with E-state index in [9.17, 15) is 10.1 Å². The lowest BCUT2D eigenvalue weighted by atomic mass is 9.91. The van der Waals surface area contributed by atoms with Gasteiger partial charge in [-0.3, -0.25) is 0 Å². The van der Waals surface area contributed by atoms with E-state index in [1.54, 1.807) is 19.4 Å². The molecule has 0 saturated carbocycles. The summed E-state index contributed by atoms with van der Waals surface area (Å²) in [6.45, 7) is 13.2. The molecule has 3 N–H and O–H groups in total. The Hall–Kier alpha value is -4.00. The number of hydrogen-bond acceptors (Lipinski definition) is 9. The molecule has 0 aliphatic rings. The molecule has 0 unspecified atom stereocenters. The van der Waals surface area contributed by atoms with E-state index < -0.39 is 17.2 Å². The number of nitrogens with zero attached hydrogens (tertiary/aromatic N) is 5. The van der Waals surface area contributed by atoms with Crippen molar-refractivity contribution in [3.05, 3.63) is 41.6 Å². The van der Waals surface area contributed by atoms with Crippen molar-refractivity contribution in [1.29, 1.82) is 5.26 Å². The van der Waals surface area contributed by atoms with Gasteiger partial charge < -0.3 is 20.7 Å². The van der Waals surface area contributed by atoms with Crippen LogP contribution in [0.3, 0.4) is 0 Å². The van der Waals surface area contributed by atoms with Crippen LogP contribution >= 0.6 is 0 Å². The Labute approximate surface area is 205 Å². The highest BCUT2D eigenvalue weighted by Gasteiger charge is 2.29. The Bertz CT molecular complexity index is 1290. The van der Waals surface area contributed by atoms with Crippen LogP contribution in [0.4, 0.5) is 22.2 Å². The molecule has 0 aliphatic carbocycles. The molecule has 3 aromatic heterocycles. The molecule has 1 amide bonds. The molecule has 10 heteroatoms. The molecule has 0 radical (unpaired) electrons. The van der Waals surface area contributed by atoms with Crippen LogP contribution in [0.25, 0.3) is 10.8 Å². The molecule has 0 bridgehead atoms. The summed E-state index contributed by atoms with van der Waals surface area (Å²) in [4.78, 5) is 30.4. The number of fused-ring (bicyclic) bond motifs is 1. The SMILES string of the molecule is CNc1ncc(C(C)(C)NC(=O)OC(C)(C)C)c2cc(Nc3cnc(C#N)c(C(C)C)n3)ncc12. The van der Waals surface area contributed by atoms with Gasteiger partial charge in [-0.15, -0.1) is 0 Å². The lowest BCUT2D eigenvalue weighted by molar-refractivity contribution is 0.0471. The van der Waals surface area contributed by atoms with Gasteiger partial charge in [-0.2, -0.15) is 5.26 Å². The highest BCUT2D eigenvalue weighted by atomic mass is 16.6. The van der Waals surface area contributed by atoms with Crippen LogP contribution in [0.2, 0.25) is 0 Å². The molecule has 0 atom stereocenters. The highest BCUT2D eigenvalue weighted by Crippen LogP contribution is 2.33. The minimum absolute atomic E-state index is 0.0408. The molecule has 35 heavy (non-hydrogen) atoms. The molecule has 0 saturated heterocycles. The third kappa shape index (κ3) is 5.93. The summed E-state index contributed by atoms with van der Waals surface area (Å²) >= 11 is 0. The van der Waals surface area contributed by atoms with Crippen LogP contribution in [0, 0.1) is 11.3 Å². The smallest absolute Gasteiger partial charge is 0.408 e. The first kappa shape index (κ1) is 25.6. The standard InChI is InChI=1S/C25H32N8O2/c1-14(2)21-18(10-26)28-13-20(32-21)31-19-9-15-16(11-29-19)22(27-8)30-12-17(15)25(6,7)33-23(34)35-24(3,4)5/h9,11-14H,1-8H3,(H,27,30)(H,33,34)(H,29,31,32). The fourth-order valence-corrected chi connectivity index (χ4v) is 3.61. The highest BCUT2D eigenvalue weighted by molar-refractivity contribution is 5.95. The van der Waals surface area contributed by atoms with Gasteiger partial charge in [0.25, 0.3) is 0 Å². The third-order valence-corrected chi connectivity index (χ3v) is 5.20. The number of nitrogens with one attached hydrogen (secondary N) is 3. The van der Waals surface area contributed by atoms with Crippen LogP contribution in [-0.2, 0) is 10.3 Å². The number of carbonyl (C=O) groups is 1. The zero-order chi connectivity index (χ0) is 26.0. The molecule has 0 spiro atoms. The fraction of sp³-hybridized carbons (Fsp3) is 0.440. The van der Waals surface area contributed by atoms with Gasteiger partial charge in [0.05, 0.1) is 17.4 Å². The maximum atomic E-state index is 12.5. The van der Waals surface area contributed by atoms with Gasteiger partial charge in [0.15, 0.2) is 5.69 Å². The second kappa shape index (κ2) is 9.70. The third-order valence-electron chi connectivity index (χ3n) is 5.20. The van der Waals surface area contributed by atoms with Gasteiger partial charge in [-0.05, 0) is 52.0 Å². The lowest BCUT2D eigenvalue weighted by Gasteiger charge is -2.30. The second-order valence-corrected chi connectivity index (χ2v) is 10.0. The predicted octanol–water partition coefficient (Wildman–Crippen LogP) is 4.96. The topological polar surface area (TPSA) is 138 Å². The summed E-state index contributed by atoms with van der Waals surface area (Å²) in [5, 5.41) is 20.2. The zero-order valence-electron chi connectivity index (χ0n) is 21.4. The molecule has 0 aromatic carbocycles. The Morgan fingerprint density at radius 3 is 2.34 bits per heavy atom. The van der Waals surface area contributed by atoms with Gasteiger partial charge in [0, 0.05) is 30.4 Å². The number of aromatic nitrogens is 4. The van der Waals surface area contributed by atoms with Gasteiger partial charge in [-0.25, -0.2) is 24.7 Å². The van der Waals surface area contributed by atoms with Crippen LogP contribution in [0.5, 0.6) is 0 Å². The van der Waals surface area contributed by atoms with E-state index in [0.717, 1.165) is 16.3 Å². The Morgan fingerprint density at radius 1 is 1.03 bits per heavy atom. The second-order valence-electron chi connectivity index (χ2n) is 10.0. The van der Waals surface area contributed by atoms with E-state index in [0.29, 0.717) is 28.8 Å². The van der Waals surface area contributed by atoms with Crippen molar-refractivity contribution in [3.8, 4) is 6.07 Å². The first-order valence-corrected chi connectivity index (χ1v) is 11.4. The molecule has 184 valence electrons. The van der Waals surface area contributed by atoms with Crippen molar-refractivity contribution < 1.29 is 9.53 Å². The molecule has 10 nitrogen and oxygen atoms in total. The van der Waals surface area contributed by atoms with Crippen molar-refractivity contribution in [3.63, 3.8) is 0 Å².